The number of aryl methyl sites for hydroxylation is 2. The summed E-state index contributed by atoms with van der Waals surface area (Å²) < 4.78 is 4.92. The number of hydrogen-bond donors (Lipinski definition) is 2. The molecule has 3 rings (SSSR count). The minimum atomic E-state index is -0.493. The molecular weight excluding hydrogens is 380 g/mol. The Labute approximate surface area is 167 Å². The number of ether oxygens (including phenoxy) is 1. The third kappa shape index (κ3) is 4.20. The van der Waals surface area contributed by atoms with Gasteiger partial charge in [0.1, 0.15) is 0 Å². The zero-order valence-electron chi connectivity index (χ0n) is 15.7. The van der Waals surface area contributed by atoms with Gasteiger partial charge in [-0.1, -0.05) is 18.2 Å². The molecule has 1 aliphatic rings. The molecule has 0 aliphatic carbocycles. The van der Waals surface area contributed by atoms with E-state index in [1.54, 1.807) is 30.0 Å². The van der Waals surface area contributed by atoms with E-state index in [2.05, 4.69) is 42.7 Å². The first-order chi connectivity index (χ1) is 12.9. The summed E-state index contributed by atoms with van der Waals surface area (Å²) >= 11 is 3.39. The summed E-state index contributed by atoms with van der Waals surface area (Å²) in [5, 5.41) is 5.49. The largest absolute Gasteiger partial charge is 0.466 e. The third-order valence-corrected chi connectivity index (χ3v) is 6.86. The highest BCUT2D eigenvalue weighted by Crippen LogP contribution is 2.36. The summed E-state index contributed by atoms with van der Waals surface area (Å²) in [6.45, 7) is 5.89. The van der Waals surface area contributed by atoms with Gasteiger partial charge in [-0.25, -0.2) is 9.59 Å². The minimum absolute atomic E-state index is 0.313. The van der Waals surface area contributed by atoms with Crippen molar-refractivity contribution in [2.75, 3.05) is 7.11 Å². The predicted octanol–water partition coefficient (Wildman–Crippen LogP) is 4.46. The molecule has 1 aromatic heterocycles. The quantitative estimate of drug-likeness (QED) is 0.572. The number of benzene rings is 1. The molecule has 7 heteroatoms. The van der Waals surface area contributed by atoms with Gasteiger partial charge in [0, 0.05) is 26.1 Å². The lowest BCUT2D eigenvalue weighted by Crippen LogP contribution is -2.45. The highest BCUT2D eigenvalue weighted by Gasteiger charge is 2.33. The van der Waals surface area contributed by atoms with Crippen LogP contribution in [-0.4, -0.2) is 19.1 Å². The van der Waals surface area contributed by atoms with Crippen molar-refractivity contribution in [3.63, 3.8) is 0 Å². The van der Waals surface area contributed by atoms with E-state index in [0.717, 1.165) is 10.6 Å². The van der Waals surface area contributed by atoms with Crippen molar-refractivity contribution < 1.29 is 14.3 Å². The van der Waals surface area contributed by atoms with Crippen LogP contribution in [0.25, 0.3) is 0 Å². The molecule has 1 unspecified atom stereocenters. The Bertz CT molecular complexity index is 918. The Balaban J connectivity index is 1.86. The van der Waals surface area contributed by atoms with Crippen LogP contribution < -0.4 is 10.6 Å². The van der Waals surface area contributed by atoms with Crippen LogP contribution in [0.4, 0.5) is 4.79 Å². The Morgan fingerprint density at radius 3 is 2.70 bits per heavy atom. The Kier molecular flexibility index (Phi) is 5.92. The van der Waals surface area contributed by atoms with E-state index in [4.69, 9.17) is 4.74 Å². The van der Waals surface area contributed by atoms with Crippen molar-refractivity contribution in [2.45, 2.75) is 37.5 Å². The van der Waals surface area contributed by atoms with Gasteiger partial charge >= 0.3 is 12.0 Å². The predicted molar refractivity (Wildman–Crippen MR) is 109 cm³/mol. The van der Waals surface area contributed by atoms with E-state index >= 15 is 0 Å². The number of thiophene rings is 1. The molecule has 0 fully saturated rings. The molecule has 5 nitrogen and oxygen atoms in total. The van der Waals surface area contributed by atoms with E-state index in [1.165, 1.54) is 28.0 Å². The normalized spacial score (nSPS) is 16.7. The number of nitrogens with one attached hydrogen (secondary N) is 2. The first-order valence-electron chi connectivity index (χ1n) is 8.55. The fourth-order valence-corrected chi connectivity index (χ4v) is 5.28. The molecule has 1 atom stereocenters. The van der Waals surface area contributed by atoms with Crippen LogP contribution in [0.3, 0.4) is 0 Å². The van der Waals surface area contributed by atoms with Crippen LogP contribution in [0.1, 0.15) is 33.8 Å². The topological polar surface area (TPSA) is 67.4 Å². The number of rotatable bonds is 5. The summed E-state index contributed by atoms with van der Waals surface area (Å²) in [6.07, 6.45) is 0. The molecular formula is C20H22N2O3S2. The molecule has 0 saturated heterocycles. The van der Waals surface area contributed by atoms with Crippen molar-refractivity contribution in [1.29, 1.82) is 0 Å². The maximum Gasteiger partial charge on any atom is 0.338 e. The van der Waals surface area contributed by atoms with Gasteiger partial charge < -0.3 is 15.4 Å². The van der Waals surface area contributed by atoms with E-state index in [1.807, 2.05) is 12.1 Å². The number of carbonyl (C=O) groups is 2. The molecule has 0 saturated carbocycles. The summed E-state index contributed by atoms with van der Waals surface area (Å²) in [6, 6.07) is 9.58. The molecule has 1 aromatic carbocycles. The van der Waals surface area contributed by atoms with Gasteiger partial charge in [-0.15, -0.1) is 23.1 Å². The number of allylic oxidation sites excluding steroid dienone is 1. The van der Waals surface area contributed by atoms with Gasteiger partial charge in [-0.3, -0.25) is 0 Å². The lowest BCUT2D eigenvalue weighted by molar-refractivity contribution is -0.136. The molecule has 27 heavy (non-hydrogen) atoms. The van der Waals surface area contributed by atoms with Crippen molar-refractivity contribution in [1.82, 2.24) is 10.6 Å². The highest BCUT2D eigenvalue weighted by atomic mass is 32.2. The lowest BCUT2D eigenvalue weighted by Gasteiger charge is -2.26. The monoisotopic (exact) mass is 402 g/mol. The number of amides is 2. The van der Waals surface area contributed by atoms with Gasteiger partial charge in [0.05, 0.1) is 18.7 Å². The molecule has 1 aliphatic heterocycles. The van der Waals surface area contributed by atoms with Crippen molar-refractivity contribution in [3.05, 3.63) is 62.5 Å². The van der Waals surface area contributed by atoms with Crippen molar-refractivity contribution >= 4 is 35.1 Å². The van der Waals surface area contributed by atoms with E-state index < -0.39 is 12.0 Å². The lowest BCUT2D eigenvalue weighted by atomic mass is 10.0. The number of urea groups is 1. The summed E-state index contributed by atoms with van der Waals surface area (Å²) in [5.74, 6) is 0.398. The second-order valence-electron chi connectivity index (χ2n) is 6.35. The van der Waals surface area contributed by atoms with Gasteiger partial charge in [-0.2, -0.15) is 0 Å². The third-order valence-electron chi connectivity index (χ3n) is 4.48. The first-order valence-corrected chi connectivity index (χ1v) is 10.3. The molecule has 142 valence electrons. The highest BCUT2D eigenvalue weighted by molar-refractivity contribution is 7.98. The molecule has 0 spiro atoms. The van der Waals surface area contributed by atoms with Crippen molar-refractivity contribution in [3.8, 4) is 0 Å². The van der Waals surface area contributed by atoms with Gasteiger partial charge in [0.25, 0.3) is 0 Å². The first kappa shape index (κ1) is 19.5. The SMILES string of the molecule is COC(=O)C1=C(C)NC(=O)NC1c1cc(CSc2ccccc2C)c(C)s1. The fourth-order valence-electron chi connectivity index (χ4n) is 2.99. The van der Waals surface area contributed by atoms with E-state index in [-0.39, 0.29) is 6.03 Å². The Morgan fingerprint density at radius 2 is 2.00 bits per heavy atom. The standard InChI is InChI=1S/C20H22N2O3S2/c1-11-7-5-6-8-15(11)26-10-14-9-16(27-13(14)3)18-17(19(23)25-4)12(2)21-20(24)22-18/h5-9,18H,10H2,1-4H3,(H2,21,22,24). The average Bonchev–Trinajstić information content (AvgIpc) is 3.00. The summed E-state index contributed by atoms with van der Waals surface area (Å²) in [5.41, 5.74) is 3.43. The van der Waals surface area contributed by atoms with Gasteiger partial charge in [-0.05, 0) is 44.0 Å². The number of carbonyl (C=O) groups excluding carboxylic acids is 2. The smallest absolute Gasteiger partial charge is 0.338 e. The maximum absolute atomic E-state index is 12.2. The van der Waals surface area contributed by atoms with E-state index in [9.17, 15) is 9.59 Å². The summed E-state index contributed by atoms with van der Waals surface area (Å²) in [7, 11) is 1.35. The van der Waals surface area contributed by atoms with Crippen LogP contribution in [-0.2, 0) is 15.3 Å². The number of esters is 1. The van der Waals surface area contributed by atoms with Crippen LogP contribution in [0.15, 0.2) is 46.5 Å². The maximum atomic E-state index is 12.2. The average molecular weight is 403 g/mol. The van der Waals surface area contributed by atoms with Crippen LogP contribution in [0.5, 0.6) is 0 Å². The minimum Gasteiger partial charge on any atom is -0.466 e. The molecule has 2 aromatic rings. The van der Waals surface area contributed by atoms with Crippen LogP contribution in [0, 0.1) is 13.8 Å². The molecule has 2 amide bonds. The van der Waals surface area contributed by atoms with Gasteiger partial charge in [0.15, 0.2) is 0 Å². The zero-order valence-corrected chi connectivity index (χ0v) is 17.3. The Hall–Kier alpha value is -2.25. The van der Waals surface area contributed by atoms with Crippen LogP contribution >= 0.6 is 23.1 Å². The van der Waals surface area contributed by atoms with Gasteiger partial charge in [0.2, 0.25) is 0 Å². The fraction of sp³-hybridized carbons (Fsp3) is 0.300. The molecule has 2 N–H and O–H groups in total. The molecule has 0 radical (unpaired) electrons. The number of hydrogen-bond acceptors (Lipinski definition) is 5. The summed E-state index contributed by atoms with van der Waals surface area (Å²) in [4.78, 5) is 27.6. The van der Waals surface area contributed by atoms with Crippen molar-refractivity contribution in [2.24, 2.45) is 0 Å². The molecule has 0 bridgehead atoms. The Morgan fingerprint density at radius 1 is 1.26 bits per heavy atom. The van der Waals surface area contributed by atoms with E-state index in [0.29, 0.717) is 11.3 Å². The zero-order chi connectivity index (χ0) is 19.6. The second kappa shape index (κ2) is 8.19. The number of thioether (sulfide) groups is 1. The second-order valence-corrected chi connectivity index (χ2v) is 8.65. The number of methoxy groups -OCH3 is 1. The molecule has 2 heterocycles. The van der Waals surface area contributed by atoms with Crippen LogP contribution in [0.2, 0.25) is 0 Å².